The number of thioether (sulfide) groups is 1. The van der Waals surface area contributed by atoms with Gasteiger partial charge >= 0.3 is 12.2 Å². The second kappa shape index (κ2) is 8.75. The van der Waals surface area contributed by atoms with E-state index in [1.54, 1.807) is 12.1 Å². The number of hydrogen-bond donors (Lipinski definition) is 2. The third-order valence-corrected chi connectivity index (χ3v) is 4.94. The van der Waals surface area contributed by atoms with E-state index in [-0.39, 0.29) is 24.9 Å². The highest BCUT2D eigenvalue weighted by Crippen LogP contribution is 2.37. The zero-order valence-corrected chi connectivity index (χ0v) is 14.6. The summed E-state index contributed by atoms with van der Waals surface area (Å²) in [6.45, 7) is -0.472. The molecule has 1 heterocycles. The Balaban J connectivity index is 1.74. The molecule has 140 valence electrons. The number of nitrogens with one attached hydrogen (secondary N) is 2. The van der Waals surface area contributed by atoms with Crippen molar-refractivity contribution in [2.24, 2.45) is 0 Å². The van der Waals surface area contributed by atoms with Gasteiger partial charge in [0.2, 0.25) is 0 Å². The third kappa shape index (κ3) is 6.39. The number of halogens is 4. The van der Waals surface area contributed by atoms with Crippen LogP contribution >= 0.6 is 11.8 Å². The predicted molar refractivity (Wildman–Crippen MR) is 89.2 cm³/mol. The standard InChI is InChI=1S/C16H21F4N3OS/c1-23(10-16(18,19)20)8-3-7-21-15(24)22-13-6-9-25-14-11(13)4-2-5-12(14)17/h2,4-5,13H,3,6-10H2,1H3,(H2,21,22,24). The molecule has 1 atom stereocenters. The number of carbonyl (C=O) groups is 1. The van der Waals surface area contributed by atoms with E-state index >= 15 is 0 Å². The molecule has 0 saturated heterocycles. The number of carbonyl (C=O) groups excluding carboxylic acids is 1. The van der Waals surface area contributed by atoms with E-state index in [2.05, 4.69) is 10.6 Å². The van der Waals surface area contributed by atoms with Crippen molar-refractivity contribution in [1.82, 2.24) is 15.5 Å². The number of rotatable bonds is 6. The Morgan fingerprint density at radius 2 is 2.16 bits per heavy atom. The highest BCUT2D eigenvalue weighted by Gasteiger charge is 2.29. The number of nitrogens with zero attached hydrogens (tertiary/aromatic N) is 1. The van der Waals surface area contributed by atoms with Crippen molar-refractivity contribution in [1.29, 1.82) is 0 Å². The third-order valence-electron chi connectivity index (χ3n) is 3.78. The van der Waals surface area contributed by atoms with Crippen LogP contribution in [0.2, 0.25) is 0 Å². The van der Waals surface area contributed by atoms with Crippen LogP contribution in [0.25, 0.3) is 0 Å². The van der Waals surface area contributed by atoms with Crippen molar-refractivity contribution in [2.45, 2.75) is 30.0 Å². The minimum atomic E-state index is -4.22. The van der Waals surface area contributed by atoms with Crippen LogP contribution in [-0.4, -0.2) is 49.5 Å². The first-order chi connectivity index (χ1) is 11.8. The normalized spacial score (nSPS) is 17.3. The monoisotopic (exact) mass is 379 g/mol. The number of amides is 2. The topological polar surface area (TPSA) is 44.4 Å². The molecule has 0 aliphatic carbocycles. The molecule has 0 aromatic heterocycles. The molecular weight excluding hydrogens is 358 g/mol. The lowest BCUT2D eigenvalue weighted by Gasteiger charge is -2.26. The van der Waals surface area contributed by atoms with Gasteiger partial charge in [-0.2, -0.15) is 13.2 Å². The molecule has 2 amide bonds. The summed E-state index contributed by atoms with van der Waals surface area (Å²) in [6, 6.07) is 4.14. The van der Waals surface area contributed by atoms with Crippen LogP contribution < -0.4 is 10.6 Å². The second-order valence-electron chi connectivity index (χ2n) is 5.95. The zero-order valence-electron chi connectivity index (χ0n) is 13.8. The van der Waals surface area contributed by atoms with E-state index in [0.717, 1.165) is 10.5 Å². The van der Waals surface area contributed by atoms with E-state index < -0.39 is 18.8 Å². The van der Waals surface area contributed by atoms with E-state index in [4.69, 9.17) is 0 Å². The minimum absolute atomic E-state index is 0.230. The van der Waals surface area contributed by atoms with Crippen LogP contribution in [0.4, 0.5) is 22.4 Å². The molecule has 25 heavy (non-hydrogen) atoms. The maximum atomic E-state index is 13.8. The van der Waals surface area contributed by atoms with Crippen molar-refractivity contribution in [3.05, 3.63) is 29.6 Å². The molecule has 0 bridgehead atoms. The molecule has 1 aliphatic rings. The van der Waals surface area contributed by atoms with Gasteiger partial charge in [-0.3, -0.25) is 4.90 Å². The molecule has 2 N–H and O–H groups in total. The molecule has 1 unspecified atom stereocenters. The number of fused-ring (bicyclic) bond motifs is 1. The molecule has 0 saturated carbocycles. The van der Waals surface area contributed by atoms with Crippen LogP contribution in [0, 0.1) is 5.82 Å². The zero-order chi connectivity index (χ0) is 18.4. The fourth-order valence-corrected chi connectivity index (χ4v) is 3.82. The maximum absolute atomic E-state index is 13.8. The lowest BCUT2D eigenvalue weighted by Crippen LogP contribution is -2.40. The van der Waals surface area contributed by atoms with Gasteiger partial charge in [-0.05, 0) is 38.1 Å². The number of alkyl halides is 3. The molecule has 2 rings (SSSR count). The van der Waals surface area contributed by atoms with E-state index in [1.807, 2.05) is 0 Å². The average Bonchev–Trinajstić information content (AvgIpc) is 2.51. The first-order valence-electron chi connectivity index (χ1n) is 7.97. The molecule has 1 aromatic rings. The fraction of sp³-hybridized carbons (Fsp3) is 0.562. The summed E-state index contributed by atoms with van der Waals surface area (Å²) >= 11 is 1.43. The average molecular weight is 379 g/mol. The van der Waals surface area contributed by atoms with Crippen LogP contribution in [0.5, 0.6) is 0 Å². The second-order valence-corrected chi connectivity index (χ2v) is 7.06. The van der Waals surface area contributed by atoms with Crippen molar-refractivity contribution in [2.75, 3.05) is 32.4 Å². The van der Waals surface area contributed by atoms with Crippen LogP contribution in [0.15, 0.2) is 23.1 Å². The number of hydrogen-bond acceptors (Lipinski definition) is 3. The summed E-state index contributed by atoms with van der Waals surface area (Å²) in [7, 11) is 1.39. The summed E-state index contributed by atoms with van der Waals surface area (Å²) < 4.78 is 50.4. The molecule has 0 fully saturated rings. The molecule has 0 spiro atoms. The van der Waals surface area contributed by atoms with Crippen molar-refractivity contribution in [3.8, 4) is 0 Å². The molecule has 0 radical (unpaired) electrons. The first-order valence-corrected chi connectivity index (χ1v) is 8.95. The molecule has 9 heteroatoms. The summed E-state index contributed by atoms with van der Waals surface area (Å²) in [5.74, 6) is 0.420. The lowest BCUT2D eigenvalue weighted by molar-refractivity contribution is -0.143. The van der Waals surface area contributed by atoms with E-state index in [0.29, 0.717) is 23.5 Å². The highest BCUT2D eigenvalue weighted by molar-refractivity contribution is 7.99. The quantitative estimate of drug-likeness (QED) is 0.587. The van der Waals surface area contributed by atoms with E-state index in [9.17, 15) is 22.4 Å². The molecule has 4 nitrogen and oxygen atoms in total. The van der Waals surface area contributed by atoms with Crippen molar-refractivity contribution < 1.29 is 22.4 Å². The van der Waals surface area contributed by atoms with Gasteiger partial charge in [-0.15, -0.1) is 11.8 Å². The van der Waals surface area contributed by atoms with Gasteiger partial charge in [0.25, 0.3) is 0 Å². The van der Waals surface area contributed by atoms with Gasteiger partial charge in [0.05, 0.1) is 12.6 Å². The summed E-state index contributed by atoms with van der Waals surface area (Å²) in [5, 5.41) is 5.44. The van der Waals surface area contributed by atoms with Crippen LogP contribution in [0.1, 0.15) is 24.4 Å². The van der Waals surface area contributed by atoms with Gasteiger partial charge in [0.1, 0.15) is 5.82 Å². The number of urea groups is 1. The molecule has 1 aliphatic heterocycles. The van der Waals surface area contributed by atoms with Crippen molar-refractivity contribution in [3.63, 3.8) is 0 Å². The summed E-state index contributed by atoms with van der Waals surface area (Å²) in [6.07, 6.45) is -3.12. The minimum Gasteiger partial charge on any atom is -0.338 e. The summed E-state index contributed by atoms with van der Waals surface area (Å²) in [4.78, 5) is 13.7. The number of benzene rings is 1. The van der Waals surface area contributed by atoms with Crippen LogP contribution in [-0.2, 0) is 0 Å². The predicted octanol–water partition coefficient (Wildman–Crippen LogP) is 3.55. The Bertz CT molecular complexity index is 597. The van der Waals surface area contributed by atoms with Crippen LogP contribution in [0.3, 0.4) is 0 Å². The largest absolute Gasteiger partial charge is 0.401 e. The molecular formula is C16H21F4N3OS. The Labute approximate surface area is 148 Å². The van der Waals surface area contributed by atoms with Gasteiger partial charge in [-0.1, -0.05) is 12.1 Å². The van der Waals surface area contributed by atoms with E-state index in [1.165, 1.54) is 24.9 Å². The SMILES string of the molecule is CN(CCCNC(=O)NC1CCSc2c(F)cccc21)CC(F)(F)F. The Morgan fingerprint density at radius 1 is 1.40 bits per heavy atom. The van der Waals surface area contributed by atoms with Gasteiger partial charge in [0.15, 0.2) is 0 Å². The fourth-order valence-electron chi connectivity index (χ4n) is 2.68. The maximum Gasteiger partial charge on any atom is 0.401 e. The Hall–Kier alpha value is -1.48. The van der Waals surface area contributed by atoms with Gasteiger partial charge < -0.3 is 10.6 Å². The first kappa shape index (κ1) is 19.8. The molecule has 1 aromatic carbocycles. The lowest BCUT2D eigenvalue weighted by atomic mass is 10.0. The summed E-state index contributed by atoms with van der Waals surface area (Å²) in [5.41, 5.74) is 0.760. The smallest absolute Gasteiger partial charge is 0.338 e. The Morgan fingerprint density at radius 3 is 2.88 bits per heavy atom. The Kier molecular flexibility index (Phi) is 6.95. The van der Waals surface area contributed by atoms with Gasteiger partial charge in [-0.25, -0.2) is 9.18 Å². The highest BCUT2D eigenvalue weighted by atomic mass is 32.2. The van der Waals surface area contributed by atoms with Crippen molar-refractivity contribution >= 4 is 17.8 Å². The van der Waals surface area contributed by atoms with Gasteiger partial charge in [0, 0.05) is 17.2 Å².